The maximum atomic E-state index is 14.8. The van der Waals surface area contributed by atoms with Gasteiger partial charge in [-0.2, -0.15) is 0 Å². The molecular formula is C23H29F4N3O3S. The van der Waals surface area contributed by atoms with Crippen molar-refractivity contribution in [3.05, 3.63) is 53.1 Å². The quantitative estimate of drug-likeness (QED) is 0.429. The predicted octanol–water partition coefficient (Wildman–Crippen LogP) is 5.01. The molecule has 0 radical (unpaired) electrons. The summed E-state index contributed by atoms with van der Waals surface area (Å²) in [5.41, 5.74) is -0.840. The zero-order chi connectivity index (χ0) is 25.4. The molecule has 1 heterocycles. The van der Waals surface area contributed by atoms with Crippen molar-refractivity contribution in [3.63, 3.8) is 0 Å². The van der Waals surface area contributed by atoms with Crippen LogP contribution in [0.4, 0.5) is 34.6 Å². The van der Waals surface area contributed by atoms with Crippen LogP contribution in [-0.2, 0) is 21.3 Å². The van der Waals surface area contributed by atoms with E-state index in [0.29, 0.717) is 11.3 Å². The molecule has 2 aromatic carbocycles. The van der Waals surface area contributed by atoms with Crippen molar-refractivity contribution in [3.8, 4) is 0 Å². The molecule has 0 unspecified atom stereocenters. The van der Waals surface area contributed by atoms with Gasteiger partial charge in [0.1, 0.15) is 11.4 Å². The molecule has 1 fully saturated rings. The molecule has 34 heavy (non-hydrogen) atoms. The van der Waals surface area contributed by atoms with Gasteiger partial charge in [0.15, 0.2) is 23.3 Å². The number of morpholine rings is 1. The standard InChI is InChI=1S/C23H29F4N3O3S/c1-13-11-30(12-14(2)33-13)22-19(26)17(24)21(18(25)20(22)27)28-10-15-6-8-16(9-7-15)29-34(31,32)23(3,4)5/h6-9,13-14,28-29H,10-12H2,1-5H3/t13-,14+. The molecule has 11 heteroatoms. The van der Waals surface area contributed by atoms with Gasteiger partial charge < -0.3 is 15.0 Å². The zero-order valence-electron chi connectivity index (χ0n) is 19.7. The first-order valence-electron chi connectivity index (χ1n) is 10.8. The molecule has 1 saturated heterocycles. The Morgan fingerprint density at radius 3 is 1.91 bits per heavy atom. The van der Waals surface area contributed by atoms with Crippen LogP contribution in [0, 0.1) is 23.3 Å². The molecule has 0 amide bonds. The van der Waals surface area contributed by atoms with E-state index in [2.05, 4.69) is 10.0 Å². The SMILES string of the molecule is C[C@@H]1CN(c2c(F)c(F)c(NCc3ccc(NS(=O)(=O)C(C)(C)C)cc3)c(F)c2F)C[C@H](C)O1. The normalized spacial score (nSPS) is 19.3. The highest BCUT2D eigenvalue weighted by molar-refractivity contribution is 7.94. The number of benzene rings is 2. The minimum Gasteiger partial charge on any atom is -0.376 e. The fourth-order valence-corrected chi connectivity index (χ4v) is 4.36. The van der Waals surface area contributed by atoms with Crippen LogP contribution in [0.15, 0.2) is 24.3 Å². The van der Waals surface area contributed by atoms with Crippen molar-refractivity contribution >= 4 is 27.1 Å². The van der Waals surface area contributed by atoms with Gasteiger partial charge in [-0.05, 0) is 52.3 Å². The molecule has 2 aromatic rings. The van der Waals surface area contributed by atoms with Gasteiger partial charge in [-0.3, -0.25) is 4.72 Å². The molecule has 0 saturated carbocycles. The lowest BCUT2D eigenvalue weighted by Crippen LogP contribution is -2.46. The Balaban J connectivity index is 1.78. The fraction of sp³-hybridized carbons (Fsp3) is 0.478. The van der Waals surface area contributed by atoms with E-state index in [1.54, 1.807) is 34.6 Å². The molecular weight excluding hydrogens is 474 g/mol. The lowest BCUT2D eigenvalue weighted by atomic mass is 10.1. The highest BCUT2D eigenvalue weighted by Gasteiger charge is 2.32. The van der Waals surface area contributed by atoms with Crippen LogP contribution in [0.3, 0.4) is 0 Å². The summed E-state index contributed by atoms with van der Waals surface area (Å²) in [4.78, 5) is 1.25. The van der Waals surface area contributed by atoms with Gasteiger partial charge in [-0.1, -0.05) is 12.1 Å². The van der Waals surface area contributed by atoms with Crippen LogP contribution in [0.2, 0.25) is 0 Å². The van der Waals surface area contributed by atoms with Crippen LogP contribution in [0.5, 0.6) is 0 Å². The van der Waals surface area contributed by atoms with Gasteiger partial charge in [-0.15, -0.1) is 0 Å². The number of rotatable bonds is 6. The Labute approximate surface area is 197 Å². The largest absolute Gasteiger partial charge is 0.376 e. The Bertz CT molecular complexity index is 1110. The topological polar surface area (TPSA) is 70.7 Å². The summed E-state index contributed by atoms with van der Waals surface area (Å²) in [6.07, 6.45) is -0.718. The Morgan fingerprint density at radius 1 is 0.941 bits per heavy atom. The molecule has 1 aliphatic heterocycles. The molecule has 0 spiro atoms. The molecule has 188 valence electrons. The van der Waals surface area contributed by atoms with Gasteiger partial charge in [0.05, 0.1) is 17.0 Å². The minimum absolute atomic E-state index is 0.0924. The third-order valence-corrected chi connectivity index (χ3v) is 7.57. The summed E-state index contributed by atoms with van der Waals surface area (Å²) in [7, 11) is -3.62. The van der Waals surface area contributed by atoms with E-state index in [4.69, 9.17) is 4.74 Å². The Kier molecular flexibility index (Phi) is 7.37. The smallest absolute Gasteiger partial charge is 0.237 e. The number of nitrogens with zero attached hydrogens (tertiary/aromatic N) is 1. The average Bonchev–Trinajstić information content (AvgIpc) is 2.72. The van der Waals surface area contributed by atoms with E-state index in [-0.39, 0.29) is 31.8 Å². The number of ether oxygens (including phenoxy) is 1. The number of nitrogens with one attached hydrogen (secondary N) is 2. The maximum absolute atomic E-state index is 14.8. The van der Waals surface area contributed by atoms with Crippen LogP contribution >= 0.6 is 0 Å². The van der Waals surface area contributed by atoms with E-state index >= 15 is 0 Å². The van der Waals surface area contributed by atoms with Crippen molar-refractivity contribution in [2.75, 3.05) is 28.0 Å². The second-order valence-corrected chi connectivity index (χ2v) is 11.8. The fourth-order valence-electron chi connectivity index (χ4n) is 3.60. The highest BCUT2D eigenvalue weighted by atomic mass is 32.2. The van der Waals surface area contributed by atoms with Gasteiger partial charge in [0.2, 0.25) is 10.0 Å². The Hall–Kier alpha value is -2.53. The van der Waals surface area contributed by atoms with Crippen LogP contribution < -0.4 is 14.9 Å². The third-order valence-electron chi connectivity index (χ3n) is 5.46. The first-order valence-corrected chi connectivity index (χ1v) is 12.3. The summed E-state index contributed by atoms with van der Waals surface area (Å²) in [6, 6.07) is 6.03. The minimum atomic E-state index is -3.62. The molecule has 0 bridgehead atoms. The Morgan fingerprint density at radius 2 is 1.44 bits per heavy atom. The molecule has 2 N–H and O–H groups in total. The maximum Gasteiger partial charge on any atom is 0.237 e. The lowest BCUT2D eigenvalue weighted by molar-refractivity contribution is -0.00566. The number of sulfonamides is 1. The van der Waals surface area contributed by atoms with Crippen LogP contribution in [0.1, 0.15) is 40.2 Å². The third kappa shape index (κ3) is 5.41. The molecule has 3 rings (SSSR count). The van der Waals surface area contributed by atoms with Crippen molar-refractivity contribution in [2.24, 2.45) is 0 Å². The summed E-state index contributed by atoms with van der Waals surface area (Å²) >= 11 is 0. The average molecular weight is 504 g/mol. The van der Waals surface area contributed by atoms with E-state index in [1.165, 1.54) is 29.2 Å². The van der Waals surface area contributed by atoms with E-state index in [0.717, 1.165) is 0 Å². The van der Waals surface area contributed by atoms with Crippen molar-refractivity contribution in [2.45, 2.75) is 58.1 Å². The first-order chi connectivity index (χ1) is 15.7. The number of hydrogen-bond donors (Lipinski definition) is 2. The summed E-state index contributed by atoms with van der Waals surface area (Å²) < 4.78 is 90.5. The lowest BCUT2D eigenvalue weighted by Gasteiger charge is -2.37. The highest BCUT2D eigenvalue weighted by Crippen LogP contribution is 2.35. The van der Waals surface area contributed by atoms with Gasteiger partial charge >= 0.3 is 0 Å². The molecule has 0 aliphatic carbocycles. The molecule has 0 aromatic heterocycles. The number of hydrogen-bond acceptors (Lipinski definition) is 5. The van der Waals surface area contributed by atoms with Crippen LogP contribution in [0.25, 0.3) is 0 Å². The summed E-state index contributed by atoms with van der Waals surface area (Å²) in [6.45, 7) is 8.12. The van der Waals surface area contributed by atoms with Gasteiger partial charge in [0.25, 0.3) is 0 Å². The second kappa shape index (κ2) is 9.61. The van der Waals surface area contributed by atoms with E-state index < -0.39 is 49.4 Å². The monoisotopic (exact) mass is 503 g/mol. The van der Waals surface area contributed by atoms with Crippen molar-refractivity contribution in [1.82, 2.24) is 0 Å². The van der Waals surface area contributed by atoms with Gasteiger partial charge in [0, 0.05) is 25.3 Å². The predicted molar refractivity (Wildman–Crippen MR) is 125 cm³/mol. The summed E-state index contributed by atoms with van der Waals surface area (Å²) in [5.74, 6) is -5.99. The van der Waals surface area contributed by atoms with Gasteiger partial charge in [-0.25, -0.2) is 26.0 Å². The second-order valence-electron chi connectivity index (χ2n) is 9.41. The zero-order valence-corrected chi connectivity index (χ0v) is 20.5. The first kappa shape index (κ1) is 26.1. The van der Waals surface area contributed by atoms with Crippen LogP contribution in [-0.4, -0.2) is 38.5 Å². The number of halogens is 4. The molecule has 1 aliphatic rings. The van der Waals surface area contributed by atoms with Crippen molar-refractivity contribution in [1.29, 1.82) is 0 Å². The van der Waals surface area contributed by atoms with E-state index in [1.807, 2.05) is 0 Å². The molecule has 6 nitrogen and oxygen atoms in total. The number of anilines is 3. The molecule has 2 atom stereocenters. The summed E-state index contributed by atoms with van der Waals surface area (Å²) in [5, 5.41) is 2.41. The van der Waals surface area contributed by atoms with E-state index in [9.17, 15) is 26.0 Å². The van der Waals surface area contributed by atoms with Crippen molar-refractivity contribution < 1.29 is 30.7 Å².